The minimum absolute atomic E-state index is 0.341. The Kier molecular flexibility index (Phi) is 3.01. The van der Waals surface area contributed by atoms with Gasteiger partial charge in [0.15, 0.2) is 5.16 Å². The van der Waals surface area contributed by atoms with Crippen LogP contribution in [-0.2, 0) is 0 Å². The largest absolute Gasteiger partial charge is 0.397 e. The van der Waals surface area contributed by atoms with Crippen molar-refractivity contribution >= 4 is 29.1 Å². The van der Waals surface area contributed by atoms with Crippen molar-refractivity contribution in [3.8, 4) is 0 Å². The third-order valence-corrected chi connectivity index (χ3v) is 2.97. The fourth-order valence-corrected chi connectivity index (χ4v) is 2.09. The molecule has 2 rings (SSSR count). The van der Waals surface area contributed by atoms with Gasteiger partial charge < -0.3 is 17.2 Å². The number of pyridine rings is 1. The van der Waals surface area contributed by atoms with Crippen molar-refractivity contribution < 1.29 is 0 Å². The number of nitrogens with two attached hydrogens (primary N) is 3. The number of aromatic nitrogens is 3. The summed E-state index contributed by atoms with van der Waals surface area (Å²) in [5, 5.41) is 1.26. The summed E-state index contributed by atoms with van der Waals surface area (Å²) in [5.74, 6) is 0.682. The minimum Gasteiger partial charge on any atom is -0.397 e. The van der Waals surface area contributed by atoms with E-state index in [0.29, 0.717) is 22.5 Å². The Hall–Kier alpha value is -2.02. The van der Waals surface area contributed by atoms with Crippen LogP contribution >= 0.6 is 11.8 Å². The Bertz CT molecular complexity index is 536. The second-order valence-corrected chi connectivity index (χ2v) is 4.45. The lowest BCUT2D eigenvalue weighted by Gasteiger charge is -2.05. The molecule has 0 aliphatic carbocycles. The summed E-state index contributed by atoms with van der Waals surface area (Å²) in [7, 11) is 0. The molecule has 2 aromatic rings. The van der Waals surface area contributed by atoms with Crippen molar-refractivity contribution in [1.29, 1.82) is 0 Å². The van der Waals surface area contributed by atoms with Gasteiger partial charge in [-0.1, -0.05) is 0 Å². The first kappa shape index (κ1) is 11.5. The van der Waals surface area contributed by atoms with Gasteiger partial charge >= 0.3 is 0 Å². The third-order valence-electron chi connectivity index (χ3n) is 1.98. The molecule has 88 valence electrons. The van der Waals surface area contributed by atoms with Crippen LogP contribution in [0.3, 0.4) is 0 Å². The van der Waals surface area contributed by atoms with Gasteiger partial charge in [-0.15, -0.1) is 0 Å². The van der Waals surface area contributed by atoms with Gasteiger partial charge in [-0.3, -0.25) is 0 Å². The smallest absolute Gasteiger partial charge is 0.197 e. The highest BCUT2D eigenvalue weighted by molar-refractivity contribution is 7.99. The quantitative estimate of drug-likeness (QED) is 0.680. The highest BCUT2D eigenvalue weighted by Crippen LogP contribution is 2.27. The standard InChI is InChI=1S/C10H12N6S/c1-5-2-6(11)4-14-9(5)17-10-15-7(12)3-8(13)16-10/h2-4H,11H2,1H3,(H4,12,13,15,16). The average Bonchev–Trinajstić information content (AvgIpc) is 2.21. The molecular formula is C10H12N6S. The fourth-order valence-electron chi connectivity index (χ4n) is 1.28. The summed E-state index contributed by atoms with van der Waals surface area (Å²) < 4.78 is 0. The Balaban J connectivity index is 2.31. The van der Waals surface area contributed by atoms with Gasteiger partial charge in [0.05, 0.1) is 11.9 Å². The Labute approximate surface area is 103 Å². The fraction of sp³-hybridized carbons (Fsp3) is 0.100. The van der Waals surface area contributed by atoms with Crippen molar-refractivity contribution in [2.75, 3.05) is 17.2 Å². The summed E-state index contributed by atoms with van der Waals surface area (Å²) in [5.41, 5.74) is 18.4. The van der Waals surface area contributed by atoms with E-state index in [4.69, 9.17) is 17.2 Å². The van der Waals surface area contributed by atoms with E-state index in [2.05, 4.69) is 15.0 Å². The van der Waals surface area contributed by atoms with Gasteiger partial charge in [0, 0.05) is 6.07 Å². The summed E-state index contributed by atoms with van der Waals surface area (Å²) in [4.78, 5) is 12.4. The number of rotatable bonds is 2. The second-order valence-electron chi connectivity index (χ2n) is 3.49. The Morgan fingerprint density at radius 2 is 1.71 bits per heavy atom. The minimum atomic E-state index is 0.341. The van der Waals surface area contributed by atoms with Gasteiger partial charge in [-0.05, 0) is 30.3 Å². The molecule has 0 saturated carbocycles. The summed E-state index contributed by atoms with van der Waals surface area (Å²) in [6.07, 6.45) is 1.59. The SMILES string of the molecule is Cc1cc(N)cnc1Sc1nc(N)cc(N)n1. The van der Waals surface area contributed by atoms with E-state index >= 15 is 0 Å². The second kappa shape index (κ2) is 4.46. The van der Waals surface area contributed by atoms with Crippen LogP contribution in [-0.4, -0.2) is 15.0 Å². The molecule has 0 bridgehead atoms. The van der Waals surface area contributed by atoms with Crippen LogP contribution in [0.2, 0.25) is 0 Å². The van der Waals surface area contributed by atoms with Crippen LogP contribution in [0.1, 0.15) is 5.56 Å². The molecule has 6 nitrogen and oxygen atoms in total. The number of nitrogens with zero attached hydrogens (tertiary/aromatic N) is 3. The highest BCUT2D eigenvalue weighted by atomic mass is 32.2. The lowest BCUT2D eigenvalue weighted by atomic mass is 10.3. The maximum atomic E-state index is 5.63. The maximum Gasteiger partial charge on any atom is 0.197 e. The molecule has 0 spiro atoms. The van der Waals surface area contributed by atoms with Gasteiger partial charge in [-0.2, -0.15) is 0 Å². The van der Waals surface area contributed by atoms with Crippen molar-refractivity contribution in [1.82, 2.24) is 15.0 Å². The number of anilines is 3. The molecule has 0 atom stereocenters. The molecule has 17 heavy (non-hydrogen) atoms. The molecule has 0 aliphatic rings. The predicted molar refractivity (Wildman–Crippen MR) is 68.4 cm³/mol. The maximum absolute atomic E-state index is 5.63. The van der Waals surface area contributed by atoms with E-state index in [0.717, 1.165) is 10.6 Å². The molecule has 2 aromatic heterocycles. The summed E-state index contributed by atoms with van der Waals surface area (Å²) in [6, 6.07) is 3.35. The lowest BCUT2D eigenvalue weighted by molar-refractivity contribution is 0.972. The molecular weight excluding hydrogens is 236 g/mol. The molecule has 6 N–H and O–H groups in total. The number of aryl methyl sites for hydroxylation is 1. The zero-order valence-corrected chi connectivity index (χ0v) is 10.0. The first-order valence-corrected chi connectivity index (χ1v) is 5.66. The van der Waals surface area contributed by atoms with E-state index in [9.17, 15) is 0 Å². The molecule has 0 radical (unpaired) electrons. The number of nitrogen functional groups attached to an aromatic ring is 3. The monoisotopic (exact) mass is 248 g/mol. The van der Waals surface area contributed by atoms with Crippen molar-refractivity contribution in [3.05, 3.63) is 23.9 Å². The van der Waals surface area contributed by atoms with E-state index in [1.807, 2.05) is 13.0 Å². The molecule has 0 aromatic carbocycles. The van der Waals surface area contributed by atoms with Crippen LogP contribution in [0.4, 0.5) is 17.3 Å². The van der Waals surface area contributed by atoms with E-state index in [1.54, 1.807) is 6.20 Å². The molecule has 0 fully saturated rings. The van der Waals surface area contributed by atoms with Crippen molar-refractivity contribution in [2.45, 2.75) is 17.1 Å². The van der Waals surface area contributed by atoms with Crippen LogP contribution in [0.5, 0.6) is 0 Å². The van der Waals surface area contributed by atoms with Gasteiger partial charge in [0.1, 0.15) is 16.7 Å². The predicted octanol–water partition coefficient (Wildman–Crippen LogP) is 1.08. The summed E-state index contributed by atoms with van der Waals surface area (Å²) >= 11 is 1.30. The summed E-state index contributed by atoms with van der Waals surface area (Å²) in [6.45, 7) is 1.92. The number of hydrogen-bond donors (Lipinski definition) is 3. The van der Waals surface area contributed by atoms with Crippen LogP contribution < -0.4 is 17.2 Å². The highest BCUT2D eigenvalue weighted by Gasteiger charge is 2.07. The molecule has 7 heteroatoms. The van der Waals surface area contributed by atoms with Gasteiger partial charge in [-0.25, -0.2) is 15.0 Å². The van der Waals surface area contributed by atoms with Crippen LogP contribution in [0.15, 0.2) is 28.5 Å². The average molecular weight is 248 g/mol. The van der Waals surface area contributed by atoms with Crippen molar-refractivity contribution in [2.24, 2.45) is 0 Å². The van der Waals surface area contributed by atoms with Crippen molar-refractivity contribution in [3.63, 3.8) is 0 Å². The van der Waals surface area contributed by atoms with Gasteiger partial charge in [0.2, 0.25) is 0 Å². The zero-order chi connectivity index (χ0) is 12.4. The van der Waals surface area contributed by atoms with Gasteiger partial charge in [0.25, 0.3) is 0 Å². The molecule has 2 heterocycles. The van der Waals surface area contributed by atoms with Crippen LogP contribution in [0, 0.1) is 6.92 Å². The van der Waals surface area contributed by atoms with E-state index in [-0.39, 0.29) is 0 Å². The Morgan fingerprint density at radius 1 is 1.06 bits per heavy atom. The first-order valence-electron chi connectivity index (χ1n) is 4.84. The first-order chi connectivity index (χ1) is 8.04. The topological polar surface area (TPSA) is 117 Å². The lowest BCUT2D eigenvalue weighted by Crippen LogP contribution is -1.99. The zero-order valence-electron chi connectivity index (χ0n) is 9.21. The Morgan fingerprint density at radius 3 is 2.29 bits per heavy atom. The molecule has 0 amide bonds. The molecule has 0 saturated heterocycles. The third kappa shape index (κ3) is 2.76. The molecule has 0 aliphatic heterocycles. The normalized spacial score (nSPS) is 10.4. The van der Waals surface area contributed by atoms with Crippen LogP contribution in [0.25, 0.3) is 0 Å². The molecule has 0 unspecified atom stereocenters. The van der Waals surface area contributed by atoms with E-state index in [1.165, 1.54) is 17.8 Å². The van der Waals surface area contributed by atoms with E-state index < -0.39 is 0 Å². The number of hydrogen-bond acceptors (Lipinski definition) is 7.